The number of hydrogen-bond acceptors (Lipinski definition) is 3. The number of rotatable bonds is 7. The zero-order valence-corrected chi connectivity index (χ0v) is 10.9. The number of benzene rings is 1. The Kier molecular flexibility index (Phi) is 5.70. The van der Waals surface area contributed by atoms with Crippen LogP contribution in [0, 0.1) is 0 Å². The molecule has 3 heteroatoms. The molecule has 0 heterocycles. The molecule has 0 aliphatic carbocycles. The lowest BCUT2D eigenvalue weighted by Crippen LogP contribution is -2.25. The van der Waals surface area contributed by atoms with Gasteiger partial charge in [-0.1, -0.05) is 19.1 Å². The van der Waals surface area contributed by atoms with Gasteiger partial charge < -0.3 is 9.64 Å². The highest BCUT2D eigenvalue weighted by Gasteiger charge is 2.07. The summed E-state index contributed by atoms with van der Waals surface area (Å²) in [6, 6.07) is 7.38. The van der Waals surface area contributed by atoms with Crippen LogP contribution in [-0.4, -0.2) is 37.4 Å². The lowest BCUT2D eigenvalue weighted by atomic mass is 10.1. The molecule has 0 bridgehead atoms. The molecule has 0 aliphatic heterocycles. The Morgan fingerprint density at radius 1 is 1.29 bits per heavy atom. The van der Waals surface area contributed by atoms with Gasteiger partial charge in [-0.3, -0.25) is 4.79 Å². The fourth-order valence-corrected chi connectivity index (χ4v) is 1.69. The molecule has 0 unspecified atom stereocenters. The van der Waals surface area contributed by atoms with Gasteiger partial charge in [0.25, 0.3) is 0 Å². The van der Waals surface area contributed by atoms with Crippen LogP contribution in [0.25, 0.3) is 0 Å². The standard InChI is InChI=1S/C14H21NO2/c1-4-9-15(3)10-11-17-14-8-6-5-7-13(14)12(2)16/h5-8H,4,9-11H2,1-3H3. The largest absolute Gasteiger partial charge is 0.491 e. The summed E-state index contributed by atoms with van der Waals surface area (Å²) < 4.78 is 5.65. The fourth-order valence-electron chi connectivity index (χ4n) is 1.69. The van der Waals surface area contributed by atoms with Crippen LogP contribution < -0.4 is 4.74 Å². The summed E-state index contributed by atoms with van der Waals surface area (Å²) in [5.41, 5.74) is 0.658. The summed E-state index contributed by atoms with van der Waals surface area (Å²) in [6.07, 6.45) is 1.14. The molecular weight excluding hydrogens is 214 g/mol. The molecule has 0 N–H and O–H groups in total. The van der Waals surface area contributed by atoms with Crippen molar-refractivity contribution < 1.29 is 9.53 Å². The molecule has 0 spiro atoms. The SMILES string of the molecule is CCCN(C)CCOc1ccccc1C(C)=O. The third-order valence-corrected chi connectivity index (χ3v) is 2.60. The first-order valence-electron chi connectivity index (χ1n) is 6.06. The summed E-state index contributed by atoms with van der Waals surface area (Å²) in [6.45, 7) is 6.27. The Hall–Kier alpha value is -1.35. The second kappa shape index (κ2) is 7.07. The topological polar surface area (TPSA) is 29.5 Å². The lowest BCUT2D eigenvalue weighted by Gasteiger charge is -2.16. The maximum absolute atomic E-state index is 11.4. The molecule has 1 aromatic rings. The number of ether oxygens (including phenoxy) is 1. The average molecular weight is 235 g/mol. The van der Waals surface area contributed by atoms with Crippen molar-refractivity contribution >= 4 is 5.78 Å². The van der Waals surface area contributed by atoms with E-state index in [0.717, 1.165) is 19.5 Å². The average Bonchev–Trinajstić information content (AvgIpc) is 2.30. The van der Waals surface area contributed by atoms with E-state index in [9.17, 15) is 4.79 Å². The van der Waals surface area contributed by atoms with Gasteiger partial charge in [-0.15, -0.1) is 0 Å². The normalized spacial score (nSPS) is 10.6. The summed E-state index contributed by atoms with van der Waals surface area (Å²) in [7, 11) is 2.07. The highest BCUT2D eigenvalue weighted by Crippen LogP contribution is 2.18. The quantitative estimate of drug-likeness (QED) is 0.680. The van der Waals surface area contributed by atoms with E-state index in [1.54, 1.807) is 13.0 Å². The van der Waals surface area contributed by atoms with Gasteiger partial charge >= 0.3 is 0 Å². The minimum atomic E-state index is 0.0440. The molecule has 17 heavy (non-hydrogen) atoms. The Morgan fingerprint density at radius 3 is 2.65 bits per heavy atom. The molecule has 0 amide bonds. The zero-order valence-electron chi connectivity index (χ0n) is 10.9. The molecule has 0 fully saturated rings. The predicted molar refractivity (Wildman–Crippen MR) is 69.7 cm³/mol. The van der Waals surface area contributed by atoms with Gasteiger partial charge in [0.2, 0.25) is 0 Å². The number of carbonyl (C=O) groups excluding carboxylic acids is 1. The molecule has 94 valence electrons. The smallest absolute Gasteiger partial charge is 0.163 e. The van der Waals surface area contributed by atoms with Crippen molar-refractivity contribution in [2.75, 3.05) is 26.7 Å². The van der Waals surface area contributed by atoms with E-state index in [4.69, 9.17) is 4.74 Å². The molecule has 1 aromatic carbocycles. The Balaban J connectivity index is 2.49. The van der Waals surface area contributed by atoms with Gasteiger partial charge in [-0.25, -0.2) is 0 Å². The van der Waals surface area contributed by atoms with Crippen molar-refractivity contribution in [1.82, 2.24) is 4.90 Å². The van der Waals surface area contributed by atoms with Gasteiger partial charge in [0.05, 0.1) is 5.56 Å². The van der Waals surface area contributed by atoms with Crippen LogP contribution in [0.4, 0.5) is 0 Å². The maximum atomic E-state index is 11.4. The molecule has 0 saturated carbocycles. The predicted octanol–water partition coefficient (Wildman–Crippen LogP) is 2.61. The van der Waals surface area contributed by atoms with Crippen LogP contribution in [0.3, 0.4) is 0 Å². The van der Waals surface area contributed by atoms with Crippen molar-refractivity contribution in [3.05, 3.63) is 29.8 Å². The van der Waals surface area contributed by atoms with E-state index in [2.05, 4.69) is 18.9 Å². The number of hydrogen-bond donors (Lipinski definition) is 0. The van der Waals surface area contributed by atoms with Crippen molar-refractivity contribution in [1.29, 1.82) is 0 Å². The molecule has 3 nitrogen and oxygen atoms in total. The highest BCUT2D eigenvalue weighted by atomic mass is 16.5. The minimum Gasteiger partial charge on any atom is -0.491 e. The Labute approximate surface area is 103 Å². The first-order chi connectivity index (χ1) is 8.15. The van der Waals surface area contributed by atoms with Crippen molar-refractivity contribution in [2.24, 2.45) is 0 Å². The Morgan fingerprint density at radius 2 is 2.00 bits per heavy atom. The first kappa shape index (κ1) is 13.7. The fraction of sp³-hybridized carbons (Fsp3) is 0.500. The third-order valence-electron chi connectivity index (χ3n) is 2.60. The third kappa shape index (κ3) is 4.57. The van der Waals surface area contributed by atoms with Gasteiger partial charge in [0.1, 0.15) is 12.4 Å². The molecule has 0 atom stereocenters. The van der Waals surface area contributed by atoms with Crippen LogP contribution in [-0.2, 0) is 0 Å². The van der Waals surface area contributed by atoms with Gasteiger partial charge in [-0.05, 0) is 39.1 Å². The monoisotopic (exact) mass is 235 g/mol. The van der Waals surface area contributed by atoms with Crippen LogP contribution in [0.2, 0.25) is 0 Å². The van der Waals surface area contributed by atoms with Gasteiger partial charge in [0, 0.05) is 6.54 Å². The van der Waals surface area contributed by atoms with E-state index < -0.39 is 0 Å². The van der Waals surface area contributed by atoms with E-state index in [0.29, 0.717) is 17.9 Å². The second-order valence-corrected chi connectivity index (χ2v) is 4.20. The lowest BCUT2D eigenvalue weighted by molar-refractivity contribution is 0.101. The number of para-hydroxylation sites is 1. The van der Waals surface area contributed by atoms with Crippen LogP contribution in [0.1, 0.15) is 30.6 Å². The number of nitrogens with zero attached hydrogens (tertiary/aromatic N) is 1. The number of ketones is 1. The van der Waals surface area contributed by atoms with Crippen LogP contribution in [0.15, 0.2) is 24.3 Å². The molecular formula is C14H21NO2. The Bertz CT molecular complexity index is 363. The molecule has 1 rings (SSSR count). The summed E-state index contributed by atoms with van der Waals surface area (Å²) >= 11 is 0. The molecule has 0 saturated heterocycles. The highest BCUT2D eigenvalue weighted by molar-refractivity contribution is 5.96. The molecule has 0 aliphatic rings. The number of carbonyl (C=O) groups is 1. The first-order valence-corrected chi connectivity index (χ1v) is 6.06. The van der Waals surface area contributed by atoms with E-state index in [1.165, 1.54) is 0 Å². The van der Waals surface area contributed by atoms with E-state index in [-0.39, 0.29) is 5.78 Å². The minimum absolute atomic E-state index is 0.0440. The molecule has 0 radical (unpaired) electrons. The van der Waals surface area contributed by atoms with Crippen LogP contribution in [0.5, 0.6) is 5.75 Å². The van der Waals surface area contributed by atoms with Crippen molar-refractivity contribution in [2.45, 2.75) is 20.3 Å². The van der Waals surface area contributed by atoms with Crippen molar-refractivity contribution in [3.63, 3.8) is 0 Å². The number of Topliss-reactive ketones (excluding diaryl/α,β-unsaturated/α-hetero) is 1. The van der Waals surface area contributed by atoms with E-state index in [1.807, 2.05) is 18.2 Å². The van der Waals surface area contributed by atoms with Crippen LogP contribution >= 0.6 is 0 Å². The summed E-state index contributed by atoms with van der Waals surface area (Å²) in [4.78, 5) is 13.6. The van der Waals surface area contributed by atoms with Gasteiger partial charge in [0.15, 0.2) is 5.78 Å². The van der Waals surface area contributed by atoms with Gasteiger partial charge in [-0.2, -0.15) is 0 Å². The number of likely N-dealkylation sites (N-methyl/N-ethyl adjacent to an activating group) is 1. The maximum Gasteiger partial charge on any atom is 0.163 e. The van der Waals surface area contributed by atoms with E-state index >= 15 is 0 Å². The molecule has 0 aromatic heterocycles. The summed E-state index contributed by atoms with van der Waals surface area (Å²) in [5.74, 6) is 0.729. The zero-order chi connectivity index (χ0) is 12.7. The van der Waals surface area contributed by atoms with Crippen molar-refractivity contribution in [3.8, 4) is 5.75 Å². The second-order valence-electron chi connectivity index (χ2n) is 4.20. The summed E-state index contributed by atoms with van der Waals surface area (Å²) in [5, 5.41) is 0.